The number of nitrogens with one attached hydrogen (secondary N) is 1. The van der Waals surface area contributed by atoms with Crippen LogP contribution in [-0.2, 0) is 4.79 Å². The van der Waals surface area contributed by atoms with Gasteiger partial charge in [0.2, 0.25) is 0 Å². The lowest BCUT2D eigenvalue weighted by atomic mass is 9.87. The van der Waals surface area contributed by atoms with Gasteiger partial charge in [0, 0.05) is 29.1 Å². The van der Waals surface area contributed by atoms with E-state index in [2.05, 4.69) is 4.98 Å². The van der Waals surface area contributed by atoms with Gasteiger partial charge in [-0.25, -0.2) is 0 Å². The predicted molar refractivity (Wildman–Crippen MR) is 88.7 cm³/mol. The number of rotatable bonds is 6. The van der Waals surface area contributed by atoms with Crippen LogP contribution in [0.5, 0.6) is 0 Å². The summed E-state index contributed by atoms with van der Waals surface area (Å²) in [4.78, 5) is 27.0. The van der Waals surface area contributed by atoms with Gasteiger partial charge in [-0.15, -0.1) is 0 Å². The number of H-pyrrole nitrogens is 1. The van der Waals surface area contributed by atoms with E-state index in [1.54, 1.807) is 12.1 Å². The summed E-state index contributed by atoms with van der Waals surface area (Å²) in [5.41, 5.74) is 2.41. The molecule has 23 heavy (non-hydrogen) atoms. The number of aliphatic carboxylic acids is 1. The first-order valence-corrected chi connectivity index (χ1v) is 7.54. The van der Waals surface area contributed by atoms with Gasteiger partial charge in [-0.1, -0.05) is 48.5 Å². The minimum atomic E-state index is -0.893. The fourth-order valence-corrected chi connectivity index (χ4v) is 2.88. The lowest BCUT2D eigenvalue weighted by Gasteiger charge is -2.15. The third kappa shape index (κ3) is 3.16. The van der Waals surface area contributed by atoms with Gasteiger partial charge in [0.05, 0.1) is 5.92 Å². The molecule has 0 aliphatic carbocycles. The number of aromatic nitrogens is 1. The van der Waals surface area contributed by atoms with Crippen molar-refractivity contribution in [2.24, 2.45) is 0 Å². The number of aromatic amines is 1. The van der Waals surface area contributed by atoms with Crippen molar-refractivity contribution < 1.29 is 14.7 Å². The number of benzene rings is 2. The topological polar surface area (TPSA) is 70.2 Å². The number of hydrogen-bond acceptors (Lipinski definition) is 2. The Morgan fingerprint density at radius 2 is 1.70 bits per heavy atom. The Labute approximate surface area is 133 Å². The molecule has 4 heteroatoms. The Morgan fingerprint density at radius 3 is 2.43 bits per heavy atom. The van der Waals surface area contributed by atoms with Crippen LogP contribution in [-0.4, -0.2) is 21.8 Å². The molecule has 1 heterocycles. The van der Waals surface area contributed by atoms with Gasteiger partial charge in [-0.3, -0.25) is 9.59 Å². The monoisotopic (exact) mass is 307 g/mol. The standard InChI is InChI=1S/C19H17NO3/c21-18(22)11-10-15(19(23)13-6-2-1-3-7-13)16-12-20-17-9-5-4-8-14(16)17/h1-9,12,15,20H,10-11H2,(H,21,22). The minimum Gasteiger partial charge on any atom is -0.481 e. The quantitative estimate of drug-likeness (QED) is 0.676. The molecule has 0 saturated heterocycles. The molecule has 1 atom stereocenters. The summed E-state index contributed by atoms with van der Waals surface area (Å²) in [7, 11) is 0. The lowest BCUT2D eigenvalue weighted by Crippen LogP contribution is -2.14. The zero-order valence-corrected chi connectivity index (χ0v) is 12.5. The average molecular weight is 307 g/mol. The van der Waals surface area contributed by atoms with E-state index in [-0.39, 0.29) is 18.6 Å². The molecule has 2 N–H and O–H groups in total. The Hall–Kier alpha value is -2.88. The highest BCUT2D eigenvalue weighted by atomic mass is 16.4. The summed E-state index contributed by atoms with van der Waals surface area (Å²) >= 11 is 0. The summed E-state index contributed by atoms with van der Waals surface area (Å²) < 4.78 is 0. The number of carbonyl (C=O) groups excluding carboxylic acids is 1. The predicted octanol–water partition coefficient (Wildman–Crippen LogP) is 4.00. The van der Waals surface area contributed by atoms with Gasteiger partial charge in [0.15, 0.2) is 5.78 Å². The van der Waals surface area contributed by atoms with E-state index >= 15 is 0 Å². The molecular weight excluding hydrogens is 290 g/mol. The maximum atomic E-state index is 12.9. The van der Waals surface area contributed by atoms with Crippen molar-refractivity contribution >= 4 is 22.7 Å². The molecule has 0 spiro atoms. The Bertz CT molecular complexity index is 836. The van der Waals surface area contributed by atoms with Crippen molar-refractivity contribution in [3.63, 3.8) is 0 Å². The Kier molecular flexibility index (Phi) is 4.24. The number of carboxylic acids is 1. The second-order valence-corrected chi connectivity index (χ2v) is 5.50. The SMILES string of the molecule is O=C(O)CCC(C(=O)c1ccccc1)c1c[nH]c2ccccc12. The number of ketones is 1. The maximum absolute atomic E-state index is 12.9. The fraction of sp³-hybridized carbons (Fsp3) is 0.158. The molecule has 0 fully saturated rings. The van der Waals surface area contributed by atoms with Crippen LogP contribution >= 0.6 is 0 Å². The van der Waals surface area contributed by atoms with Gasteiger partial charge in [-0.2, -0.15) is 0 Å². The number of para-hydroxylation sites is 1. The highest BCUT2D eigenvalue weighted by Crippen LogP contribution is 2.31. The molecule has 3 rings (SSSR count). The molecule has 0 aliphatic heterocycles. The molecule has 0 amide bonds. The van der Waals surface area contributed by atoms with Crippen LogP contribution < -0.4 is 0 Å². The molecule has 0 radical (unpaired) electrons. The summed E-state index contributed by atoms with van der Waals surface area (Å²) in [6.07, 6.45) is 2.06. The largest absolute Gasteiger partial charge is 0.481 e. The van der Waals surface area contributed by atoms with E-state index in [1.165, 1.54) is 0 Å². The summed E-state index contributed by atoms with van der Waals surface area (Å²) in [5.74, 6) is -1.41. The first kappa shape index (κ1) is 15.0. The first-order chi connectivity index (χ1) is 11.2. The molecule has 2 aromatic carbocycles. The van der Waals surface area contributed by atoms with Crippen molar-refractivity contribution in [3.8, 4) is 0 Å². The molecule has 116 valence electrons. The highest BCUT2D eigenvalue weighted by molar-refractivity contribution is 6.03. The number of carbonyl (C=O) groups is 2. The molecule has 1 aromatic heterocycles. The number of fused-ring (bicyclic) bond motifs is 1. The van der Waals surface area contributed by atoms with E-state index in [9.17, 15) is 9.59 Å². The fourth-order valence-electron chi connectivity index (χ4n) is 2.88. The molecule has 4 nitrogen and oxygen atoms in total. The summed E-state index contributed by atoms with van der Waals surface area (Å²) in [6.45, 7) is 0. The normalized spacial score (nSPS) is 12.2. The van der Waals surface area contributed by atoms with Crippen molar-refractivity contribution in [2.75, 3.05) is 0 Å². The minimum absolute atomic E-state index is 0.0389. The highest BCUT2D eigenvalue weighted by Gasteiger charge is 2.25. The second kappa shape index (κ2) is 6.48. The van der Waals surface area contributed by atoms with Crippen molar-refractivity contribution in [3.05, 3.63) is 71.9 Å². The maximum Gasteiger partial charge on any atom is 0.303 e. The van der Waals surface area contributed by atoms with E-state index in [0.717, 1.165) is 16.5 Å². The van der Waals surface area contributed by atoms with Crippen LogP contribution in [0.2, 0.25) is 0 Å². The number of carboxylic acid groups (broad SMARTS) is 1. The van der Waals surface area contributed by atoms with Crippen molar-refractivity contribution in [1.29, 1.82) is 0 Å². The second-order valence-electron chi connectivity index (χ2n) is 5.50. The van der Waals surface area contributed by atoms with Gasteiger partial charge in [0.1, 0.15) is 0 Å². The molecule has 0 bridgehead atoms. The van der Waals surface area contributed by atoms with Gasteiger partial charge < -0.3 is 10.1 Å². The average Bonchev–Trinajstić information content (AvgIpc) is 2.99. The van der Waals surface area contributed by atoms with Crippen LogP contribution in [0.1, 0.15) is 34.7 Å². The first-order valence-electron chi connectivity index (χ1n) is 7.54. The molecule has 0 aliphatic rings. The smallest absolute Gasteiger partial charge is 0.303 e. The Balaban J connectivity index is 2.01. The van der Waals surface area contributed by atoms with Crippen LogP contribution in [0.25, 0.3) is 10.9 Å². The summed E-state index contributed by atoms with van der Waals surface area (Å²) in [6, 6.07) is 16.8. The number of hydrogen-bond donors (Lipinski definition) is 2. The molecule has 0 saturated carbocycles. The van der Waals surface area contributed by atoms with Gasteiger partial charge in [0.25, 0.3) is 0 Å². The molecule has 1 unspecified atom stereocenters. The van der Waals surface area contributed by atoms with Gasteiger partial charge >= 0.3 is 5.97 Å². The van der Waals surface area contributed by atoms with Crippen molar-refractivity contribution in [1.82, 2.24) is 4.98 Å². The van der Waals surface area contributed by atoms with Crippen LogP contribution in [0.4, 0.5) is 0 Å². The summed E-state index contributed by atoms with van der Waals surface area (Å²) in [5, 5.41) is 9.97. The van der Waals surface area contributed by atoms with Crippen LogP contribution in [0.15, 0.2) is 60.8 Å². The van der Waals surface area contributed by atoms with E-state index in [1.807, 2.05) is 48.7 Å². The zero-order chi connectivity index (χ0) is 16.2. The van der Waals surface area contributed by atoms with Gasteiger partial charge in [-0.05, 0) is 18.1 Å². The molecule has 3 aromatic rings. The lowest BCUT2D eigenvalue weighted by molar-refractivity contribution is -0.137. The van der Waals surface area contributed by atoms with E-state index < -0.39 is 11.9 Å². The van der Waals surface area contributed by atoms with E-state index in [0.29, 0.717) is 5.56 Å². The Morgan fingerprint density at radius 1 is 1.00 bits per heavy atom. The van der Waals surface area contributed by atoms with E-state index in [4.69, 9.17) is 5.11 Å². The third-order valence-electron chi connectivity index (χ3n) is 4.02. The zero-order valence-electron chi connectivity index (χ0n) is 12.5. The van der Waals surface area contributed by atoms with Crippen LogP contribution in [0.3, 0.4) is 0 Å². The number of Topliss-reactive ketones (excluding diaryl/α,β-unsaturated/α-hetero) is 1. The van der Waals surface area contributed by atoms with Crippen molar-refractivity contribution in [2.45, 2.75) is 18.8 Å². The third-order valence-corrected chi connectivity index (χ3v) is 4.02. The van der Waals surface area contributed by atoms with Crippen LogP contribution in [0, 0.1) is 0 Å². The molecular formula is C19H17NO3.